The van der Waals surface area contributed by atoms with Crippen LogP contribution < -0.4 is 10.0 Å². The molecule has 8 nitrogen and oxygen atoms in total. The van der Waals surface area contributed by atoms with Crippen LogP contribution in [0.5, 0.6) is 0 Å². The fourth-order valence-electron chi connectivity index (χ4n) is 3.13. The maximum Gasteiger partial charge on any atom is 0.262 e. The number of rotatable bonds is 6. The number of halogens is 1. The van der Waals surface area contributed by atoms with E-state index < -0.39 is 15.9 Å². The van der Waals surface area contributed by atoms with Crippen molar-refractivity contribution in [3.8, 4) is 0 Å². The molecular formula is C22H20ClN5O3S. The maximum absolute atomic E-state index is 12.8. The summed E-state index contributed by atoms with van der Waals surface area (Å²) < 4.78 is 29.8. The number of sulfonamides is 1. The van der Waals surface area contributed by atoms with E-state index in [1.54, 1.807) is 53.3 Å². The summed E-state index contributed by atoms with van der Waals surface area (Å²) in [5.41, 5.74) is 1.62. The topological polar surface area (TPSA) is 106 Å². The van der Waals surface area contributed by atoms with E-state index in [0.717, 1.165) is 5.39 Å². The van der Waals surface area contributed by atoms with Gasteiger partial charge >= 0.3 is 0 Å². The number of carbonyl (C=O) groups is 1. The highest BCUT2D eigenvalue weighted by atomic mass is 35.5. The van der Waals surface area contributed by atoms with Gasteiger partial charge in [-0.2, -0.15) is 5.10 Å². The third-order valence-corrected chi connectivity index (χ3v) is 6.40. The minimum absolute atomic E-state index is 0.0120. The summed E-state index contributed by atoms with van der Waals surface area (Å²) in [5.74, 6) is -0.412. The number of pyridine rings is 1. The molecule has 0 bridgehead atoms. The normalized spacial score (nSPS) is 11.6. The number of nitrogens with zero attached hydrogens (tertiary/aromatic N) is 3. The summed E-state index contributed by atoms with van der Waals surface area (Å²) in [7, 11) is -3.90. The van der Waals surface area contributed by atoms with Crippen LogP contribution in [0, 0.1) is 0 Å². The van der Waals surface area contributed by atoms with Gasteiger partial charge < -0.3 is 5.32 Å². The number of hydrogen-bond acceptors (Lipinski definition) is 5. The largest absolute Gasteiger partial charge is 0.322 e. The third kappa shape index (κ3) is 4.44. The van der Waals surface area contributed by atoms with Gasteiger partial charge in [0.25, 0.3) is 15.9 Å². The number of aromatic nitrogens is 3. The summed E-state index contributed by atoms with van der Waals surface area (Å²) in [6.07, 6.45) is 3.13. The van der Waals surface area contributed by atoms with Crippen molar-refractivity contribution in [1.29, 1.82) is 0 Å². The Kier molecular flexibility index (Phi) is 5.86. The number of amides is 1. The lowest BCUT2D eigenvalue weighted by atomic mass is 10.2. The van der Waals surface area contributed by atoms with E-state index in [9.17, 15) is 13.2 Å². The van der Waals surface area contributed by atoms with Crippen molar-refractivity contribution in [2.45, 2.75) is 24.8 Å². The molecule has 0 aliphatic rings. The average Bonchev–Trinajstić information content (AvgIpc) is 3.19. The van der Waals surface area contributed by atoms with Crippen LogP contribution in [0.15, 0.2) is 71.9 Å². The fraction of sp³-hybridized carbons (Fsp3) is 0.136. The standard InChI is InChI=1S/C22H20ClN5O3S/c1-14(2)28-21-15(13-25-28)10-16(12-24-21)22(29)26-17-6-5-7-18(11-17)32(30,31)27-20-9-4-3-8-19(20)23/h3-14,27H,1-2H3,(H,26,29). The van der Waals surface area contributed by atoms with Crippen LogP contribution in [0.2, 0.25) is 5.02 Å². The summed E-state index contributed by atoms with van der Waals surface area (Å²) in [6.45, 7) is 3.99. The van der Waals surface area contributed by atoms with Crippen molar-refractivity contribution in [3.05, 3.63) is 77.6 Å². The van der Waals surface area contributed by atoms with Crippen molar-refractivity contribution in [1.82, 2.24) is 14.8 Å². The highest BCUT2D eigenvalue weighted by Crippen LogP contribution is 2.25. The molecule has 0 aliphatic heterocycles. The molecule has 10 heteroatoms. The van der Waals surface area contributed by atoms with Crippen molar-refractivity contribution in [2.24, 2.45) is 0 Å². The van der Waals surface area contributed by atoms with E-state index in [1.165, 1.54) is 18.3 Å². The van der Waals surface area contributed by atoms with Gasteiger partial charge in [-0.05, 0) is 50.2 Å². The number of benzene rings is 2. The van der Waals surface area contributed by atoms with Gasteiger partial charge in [0.05, 0.1) is 27.4 Å². The Hall–Kier alpha value is -3.43. The summed E-state index contributed by atoms with van der Waals surface area (Å²) in [5, 5.41) is 8.04. The van der Waals surface area contributed by atoms with E-state index in [4.69, 9.17) is 11.6 Å². The van der Waals surface area contributed by atoms with Gasteiger partial charge in [-0.3, -0.25) is 9.52 Å². The Morgan fingerprint density at radius 2 is 1.84 bits per heavy atom. The zero-order valence-corrected chi connectivity index (χ0v) is 18.9. The number of hydrogen-bond donors (Lipinski definition) is 2. The second kappa shape index (κ2) is 8.60. The van der Waals surface area contributed by atoms with E-state index in [2.05, 4.69) is 20.1 Å². The van der Waals surface area contributed by atoms with Crippen LogP contribution in [-0.2, 0) is 10.0 Å². The Morgan fingerprint density at radius 1 is 1.06 bits per heavy atom. The molecule has 0 unspecified atom stereocenters. The molecule has 0 atom stereocenters. The van der Waals surface area contributed by atoms with Crippen LogP contribution in [0.1, 0.15) is 30.2 Å². The number of fused-ring (bicyclic) bond motifs is 1. The molecule has 164 valence electrons. The van der Waals surface area contributed by atoms with Crippen molar-refractivity contribution < 1.29 is 13.2 Å². The SMILES string of the molecule is CC(C)n1ncc2cc(C(=O)Nc3cccc(S(=O)(=O)Nc4ccccc4Cl)c3)cnc21. The molecule has 4 rings (SSSR count). The molecule has 0 radical (unpaired) electrons. The number of carbonyl (C=O) groups excluding carboxylic acids is 1. The molecular weight excluding hydrogens is 450 g/mol. The Labute approximate surface area is 190 Å². The van der Waals surface area contributed by atoms with Crippen molar-refractivity contribution >= 4 is 49.9 Å². The molecule has 2 N–H and O–H groups in total. The van der Waals surface area contributed by atoms with Crippen LogP contribution in [0.25, 0.3) is 11.0 Å². The first-order valence-corrected chi connectivity index (χ1v) is 11.6. The van der Waals surface area contributed by atoms with Crippen molar-refractivity contribution in [3.63, 3.8) is 0 Å². The van der Waals surface area contributed by atoms with Gasteiger partial charge in [0.1, 0.15) is 0 Å². The van der Waals surface area contributed by atoms with Gasteiger partial charge in [-0.25, -0.2) is 18.1 Å². The number of nitrogens with one attached hydrogen (secondary N) is 2. The predicted octanol–water partition coefficient (Wildman–Crippen LogP) is 4.72. The molecule has 2 aromatic heterocycles. The Bertz CT molecular complexity index is 1420. The summed E-state index contributed by atoms with van der Waals surface area (Å²) in [4.78, 5) is 17.1. The Morgan fingerprint density at radius 3 is 2.59 bits per heavy atom. The molecule has 0 fully saturated rings. The zero-order valence-electron chi connectivity index (χ0n) is 17.3. The monoisotopic (exact) mass is 469 g/mol. The first-order valence-electron chi connectivity index (χ1n) is 9.76. The number of anilines is 2. The first kappa shape index (κ1) is 21.8. The molecule has 0 aliphatic carbocycles. The minimum atomic E-state index is -3.90. The molecule has 4 aromatic rings. The Balaban J connectivity index is 1.55. The highest BCUT2D eigenvalue weighted by molar-refractivity contribution is 7.92. The van der Waals surface area contributed by atoms with Gasteiger partial charge in [0.15, 0.2) is 5.65 Å². The van der Waals surface area contributed by atoms with E-state index >= 15 is 0 Å². The number of para-hydroxylation sites is 1. The van der Waals surface area contributed by atoms with Gasteiger partial charge in [0, 0.05) is 23.3 Å². The molecule has 0 saturated heterocycles. The first-order chi connectivity index (χ1) is 15.2. The smallest absolute Gasteiger partial charge is 0.262 e. The van der Waals surface area contributed by atoms with Crippen LogP contribution in [-0.4, -0.2) is 29.1 Å². The van der Waals surface area contributed by atoms with Gasteiger partial charge in [-0.15, -0.1) is 0 Å². The summed E-state index contributed by atoms with van der Waals surface area (Å²) >= 11 is 6.05. The fourth-order valence-corrected chi connectivity index (χ4v) is 4.50. The lowest BCUT2D eigenvalue weighted by molar-refractivity contribution is 0.102. The highest BCUT2D eigenvalue weighted by Gasteiger charge is 2.17. The maximum atomic E-state index is 12.8. The van der Waals surface area contributed by atoms with Gasteiger partial charge in [0.2, 0.25) is 0 Å². The molecule has 0 spiro atoms. The third-order valence-electron chi connectivity index (χ3n) is 4.71. The van der Waals surface area contributed by atoms with E-state index in [-0.39, 0.29) is 21.6 Å². The van der Waals surface area contributed by atoms with Gasteiger partial charge in [-0.1, -0.05) is 29.8 Å². The molecule has 1 amide bonds. The zero-order chi connectivity index (χ0) is 22.9. The average molecular weight is 470 g/mol. The minimum Gasteiger partial charge on any atom is -0.322 e. The second-order valence-corrected chi connectivity index (χ2v) is 9.48. The lowest BCUT2D eigenvalue weighted by Gasteiger charge is -2.11. The molecule has 32 heavy (non-hydrogen) atoms. The van der Waals surface area contributed by atoms with Crippen molar-refractivity contribution in [2.75, 3.05) is 10.0 Å². The van der Waals surface area contributed by atoms with Crippen LogP contribution >= 0.6 is 11.6 Å². The van der Waals surface area contributed by atoms with Crippen LogP contribution in [0.4, 0.5) is 11.4 Å². The van der Waals surface area contributed by atoms with Crippen LogP contribution in [0.3, 0.4) is 0 Å². The van der Waals surface area contributed by atoms with E-state index in [0.29, 0.717) is 16.9 Å². The second-order valence-electron chi connectivity index (χ2n) is 7.39. The molecule has 0 saturated carbocycles. The quantitative estimate of drug-likeness (QED) is 0.425. The predicted molar refractivity (Wildman–Crippen MR) is 125 cm³/mol. The lowest BCUT2D eigenvalue weighted by Crippen LogP contribution is -2.15. The van der Waals surface area contributed by atoms with E-state index in [1.807, 2.05) is 13.8 Å². The summed E-state index contributed by atoms with van der Waals surface area (Å²) in [6, 6.07) is 14.3. The molecule has 2 heterocycles. The molecule has 2 aromatic carbocycles.